The van der Waals surface area contributed by atoms with Crippen molar-refractivity contribution >= 4 is 11.8 Å². The number of carboxylic acids is 1. The second kappa shape index (κ2) is 6.28. The second-order valence-electron chi connectivity index (χ2n) is 5.11. The van der Waals surface area contributed by atoms with Crippen LogP contribution in [0.2, 0.25) is 0 Å². The lowest BCUT2D eigenvalue weighted by Crippen LogP contribution is -2.25. The molecule has 0 bridgehead atoms. The molecule has 0 aliphatic heterocycles. The molecular weight excluding hydrogens is 288 g/mol. The molecule has 3 aromatic rings. The lowest BCUT2D eigenvalue weighted by Gasteiger charge is -2.10. The van der Waals surface area contributed by atoms with Crippen LogP contribution < -0.4 is 5.11 Å². The van der Waals surface area contributed by atoms with Gasteiger partial charge in [-0.1, -0.05) is 78.9 Å². The lowest BCUT2D eigenvalue weighted by molar-refractivity contribution is -0.255. The first-order valence-electron chi connectivity index (χ1n) is 7.17. The minimum Gasteiger partial charge on any atom is -0.545 e. The van der Waals surface area contributed by atoms with E-state index in [1.807, 2.05) is 42.5 Å². The van der Waals surface area contributed by atoms with Crippen molar-refractivity contribution in [1.29, 1.82) is 0 Å². The maximum absolute atomic E-state index is 12.5. The van der Waals surface area contributed by atoms with Crippen LogP contribution in [0.5, 0.6) is 0 Å². The van der Waals surface area contributed by atoms with E-state index in [0.717, 1.165) is 11.1 Å². The van der Waals surface area contributed by atoms with E-state index in [1.54, 1.807) is 24.3 Å². The van der Waals surface area contributed by atoms with E-state index in [1.165, 1.54) is 12.1 Å². The fraction of sp³-hybridized carbons (Fsp3) is 0. The molecular formula is C20H13O3-. The number of carbonyl (C=O) groups is 2. The summed E-state index contributed by atoms with van der Waals surface area (Å²) in [6.45, 7) is 0. The Morgan fingerprint density at radius 2 is 1.13 bits per heavy atom. The van der Waals surface area contributed by atoms with Crippen molar-refractivity contribution in [3.63, 3.8) is 0 Å². The molecule has 0 amide bonds. The van der Waals surface area contributed by atoms with Crippen molar-refractivity contribution in [2.24, 2.45) is 0 Å². The van der Waals surface area contributed by atoms with Gasteiger partial charge in [-0.25, -0.2) is 0 Å². The van der Waals surface area contributed by atoms with Gasteiger partial charge in [0.05, 0.1) is 5.97 Å². The number of carboxylic acid groups (broad SMARTS) is 1. The zero-order valence-electron chi connectivity index (χ0n) is 12.2. The minimum absolute atomic E-state index is 0.0929. The predicted octanol–water partition coefficient (Wildman–Crippen LogP) is 2.95. The highest BCUT2D eigenvalue weighted by Crippen LogP contribution is 2.21. The SMILES string of the molecule is O=C([O-])c1ccccc1C(=O)c1ccc(-c2ccccc2)cc1. The summed E-state index contributed by atoms with van der Waals surface area (Å²) in [6, 6.07) is 23.0. The summed E-state index contributed by atoms with van der Waals surface area (Å²) < 4.78 is 0. The van der Waals surface area contributed by atoms with E-state index in [-0.39, 0.29) is 16.9 Å². The summed E-state index contributed by atoms with van der Waals surface area (Å²) in [5.74, 6) is -1.68. The van der Waals surface area contributed by atoms with Crippen molar-refractivity contribution in [2.75, 3.05) is 0 Å². The molecule has 0 unspecified atom stereocenters. The fourth-order valence-electron chi connectivity index (χ4n) is 2.46. The number of hydrogen-bond acceptors (Lipinski definition) is 3. The summed E-state index contributed by atoms with van der Waals surface area (Å²) in [6.07, 6.45) is 0. The Hall–Kier alpha value is -3.20. The lowest BCUT2D eigenvalue weighted by atomic mass is 9.96. The zero-order chi connectivity index (χ0) is 16.2. The molecule has 0 radical (unpaired) electrons. The highest BCUT2D eigenvalue weighted by Gasteiger charge is 2.13. The largest absolute Gasteiger partial charge is 0.545 e. The van der Waals surface area contributed by atoms with E-state index in [4.69, 9.17) is 0 Å². The molecule has 0 aromatic heterocycles. The minimum atomic E-state index is -1.35. The molecule has 0 aliphatic carbocycles. The first-order chi connectivity index (χ1) is 11.2. The van der Waals surface area contributed by atoms with Crippen molar-refractivity contribution in [3.05, 3.63) is 95.6 Å². The summed E-state index contributed by atoms with van der Waals surface area (Å²) in [5, 5.41) is 11.1. The van der Waals surface area contributed by atoms with Gasteiger partial charge in [-0.3, -0.25) is 4.79 Å². The quantitative estimate of drug-likeness (QED) is 0.696. The predicted molar refractivity (Wildman–Crippen MR) is 86.1 cm³/mol. The van der Waals surface area contributed by atoms with E-state index >= 15 is 0 Å². The van der Waals surface area contributed by atoms with Gasteiger partial charge < -0.3 is 9.90 Å². The molecule has 0 heterocycles. The van der Waals surface area contributed by atoms with Gasteiger partial charge in [0.1, 0.15) is 0 Å². The van der Waals surface area contributed by atoms with Crippen LogP contribution in [0.3, 0.4) is 0 Å². The molecule has 0 spiro atoms. The average molecular weight is 301 g/mol. The zero-order valence-corrected chi connectivity index (χ0v) is 12.2. The van der Waals surface area contributed by atoms with E-state index in [2.05, 4.69) is 0 Å². The van der Waals surface area contributed by atoms with Crippen LogP contribution in [0, 0.1) is 0 Å². The Morgan fingerprint density at radius 3 is 1.74 bits per heavy atom. The molecule has 0 N–H and O–H groups in total. The Labute approximate surface area is 133 Å². The summed E-state index contributed by atoms with van der Waals surface area (Å²) in [7, 11) is 0. The van der Waals surface area contributed by atoms with Crippen LogP contribution in [0.25, 0.3) is 11.1 Å². The maximum Gasteiger partial charge on any atom is 0.193 e. The Bertz CT molecular complexity index is 850. The molecule has 3 aromatic carbocycles. The third kappa shape index (κ3) is 3.04. The molecule has 23 heavy (non-hydrogen) atoms. The Balaban J connectivity index is 1.94. The third-order valence-electron chi connectivity index (χ3n) is 3.65. The topological polar surface area (TPSA) is 57.2 Å². The molecule has 0 saturated carbocycles. The van der Waals surface area contributed by atoms with E-state index in [0.29, 0.717) is 5.56 Å². The highest BCUT2D eigenvalue weighted by atomic mass is 16.4. The molecule has 0 aliphatic rings. The van der Waals surface area contributed by atoms with Gasteiger partial charge in [-0.05, 0) is 11.1 Å². The second-order valence-corrected chi connectivity index (χ2v) is 5.11. The van der Waals surface area contributed by atoms with Crippen molar-refractivity contribution < 1.29 is 14.7 Å². The number of hydrogen-bond donors (Lipinski definition) is 0. The van der Waals surface area contributed by atoms with Gasteiger partial charge in [-0.2, -0.15) is 0 Å². The standard InChI is InChI=1S/C20H14O3/c21-19(17-8-4-5-9-18(17)20(22)23)16-12-10-15(11-13-16)14-6-2-1-3-7-14/h1-13H,(H,22,23)/p-1. The van der Waals surface area contributed by atoms with Crippen LogP contribution in [-0.4, -0.2) is 11.8 Å². The van der Waals surface area contributed by atoms with Crippen LogP contribution in [0.15, 0.2) is 78.9 Å². The van der Waals surface area contributed by atoms with Crippen LogP contribution in [-0.2, 0) is 0 Å². The monoisotopic (exact) mass is 301 g/mol. The summed E-state index contributed by atoms with van der Waals surface area (Å²) in [4.78, 5) is 23.7. The average Bonchev–Trinajstić information content (AvgIpc) is 2.62. The van der Waals surface area contributed by atoms with Crippen LogP contribution >= 0.6 is 0 Å². The molecule has 3 heteroatoms. The van der Waals surface area contributed by atoms with Gasteiger partial charge in [0, 0.05) is 16.7 Å². The molecule has 3 nitrogen and oxygen atoms in total. The van der Waals surface area contributed by atoms with Crippen molar-refractivity contribution in [2.45, 2.75) is 0 Å². The van der Waals surface area contributed by atoms with Gasteiger partial charge in [0.25, 0.3) is 0 Å². The molecule has 112 valence electrons. The smallest absolute Gasteiger partial charge is 0.193 e. The first kappa shape index (κ1) is 14.7. The Kier molecular flexibility index (Phi) is 4.02. The highest BCUT2D eigenvalue weighted by molar-refractivity contribution is 6.14. The molecule has 0 atom stereocenters. The van der Waals surface area contributed by atoms with Gasteiger partial charge in [0.2, 0.25) is 0 Å². The summed E-state index contributed by atoms with van der Waals surface area (Å²) in [5.41, 5.74) is 2.54. The van der Waals surface area contributed by atoms with Crippen molar-refractivity contribution in [1.82, 2.24) is 0 Å². The van der Waals surface area contributed by atoms with Gasteiger partial charge >= 0.3 is 0 Å². The van der Waals surface area contributed by atoms with Gasteiger partial charge in [0.15, 0.2) is 5.78 Å². The van der Waals surface area contributed by atoms with Crippen LogP contribution in [0.1, 0.15) is 26.3 Å². The van der Waals surface area contributed by atoms with Gasteiger partial charge in [-0.15, -0.1) is 0 Å². The van der Waals surface area contributed by atoms with E-state index < -0.39 is 5.97 Å². The molecule has 0 fully saturated rings. The molecule has 0 saturated heterocycles. The summed E-state index contributed by atoms with van der Waals surface area (Å²) >= 11 is 0. The fourth-order valence-corrected chi connectivity index (χ4v) is 2.46. The van der Waals surface area contributed by atoms with Crippen molar-refractivity contribution in [3.8, 4) is 11.1 Å². The number of carbonyl (C=O) groups excluding carboxylic acids is 2. The maximum atomic E-state index is 12.5. The number of aromatic carboxylic acids is 1. The third-order valence-corrected chi connectivity index (χ3v) is 3.65. The number of rotatable bonds is 4. The normalized spacial score (nSPS) is 10.3. The van der Waals surface area contributed by atoms with E-state index in [9.17, 15) is 14.7 Å². The number of benzene rings is 3. The number of ketones is 1. The molecule has 3 rings (SSSR count). The van der Waals surface area contributed by atoms with Crippen LogP contribution in [0.4, 0.5) is 0 Å². The Morgan fingerprint density at radius 1 is 0.609 bits per heavy atom. The first-order valence-corrected chi connectivity index (χ1v) is 7.17.